The summed E-state index contributed by atoms with van der Waals surface area (Å²) in [5.41, 5.74) is -1.87. The predicted molar refractivity (Wildman–Crippen MR) is 158 cm³/mol. The van der Waals surface area contributed by atoms with Crippen molar-refractivity contribution in [1.82, 2.24) is 4.98 Å². The van der Waals surface area contributed by atoms with E-state index in [0.717, 1.165) is 25.7 Å². The van der Waals surface area contributed by atoms with Crippen molar-refractivity contribution in [1.29, 1.82) is 0 Å². The van der Waals surface area contributed by atoms with Crippen LogP contribution >= 0.6 is 0 Å². The Bertz CT molecular complexity index is 1410. The van der Waals surface area contributed by atoms with Crippen LogP contribution in [0.4, 0.5) is 0 Å². The molecule has 0 bridgehead atoms. The molecule has 234 valence electrons. The van der Waals surface area contributed by atoms with E-state index in [9.17, 15) is 14.7 Å². The average Bonchev–Trinajstić information content (AvgIpc) is 2.96. The van der Waals surface area contributed by atoms with Gasteiger partial charge in [-0.3, -0.25) is 9.78 Å². The van der Waals surface area contributed by atoms with E-state index in [0.29, 0.717) is 30.8 Å². The summed E-state index contributed by atoms with van der Waals surface area (Å²) in [5, 5.41) is 12.2. The van der Waals surface area contributed by atoms with Gasteiger partial charge in [-0.2, -0.15) is 0 Å². The third kappa shape index (κ3) is 4.82. The van der Waals surface area contributed by atoms with Crippen molar-refractivity contribution in [2.45, 2.75) is 110 Å². The molecule has 43 heavy (non-hydrogen) atoms. The molecule has 4 heterocycles. The fraction of sp³-hybridized carbons (Fsp3) is 0.676. The lowest BCUT2D eigenvalue weighted by atomic mass is 9.42. The predicted octanol–water partition coefficient (Wildman–Crippen LogP) is 5.83. The highest BCUT2D eigenvalue weighted by atomic mass is 16.7. The van der Waals surface area contributed by atoms with E-state index in [1.54, 1.807) is 30.6 Å². The Morgan fingerprint density at radius 2 is 2.02 bits per heavy atom. The van der Waals surface area contributed by atoms with Crippen LogP contribution in [0.15, 0.2) is 39.8 Å². The minimum absolute atomic E-state index is 0.0320. The first-order chi connectivity index (χ1) is 20.4. The van der Waals surface area contributed by atoms with Gasteiger partial charge in [0.05, 0.1) is 18.8 Å². The number of aliphatic hydroxyl groups excluding tert-OH is 1. The fourth-order valence-corrected chi connectivity index (χ4v) is 8.76. The molecule has 0 radical (unpaired) electrons. The zero-order valence-corrected chi connectivity index (χ0v) is 26.1. The molecule has 0 spiro atoms. The molecule has 0 unspecified atom stereocenters. The van der Waals surface area contributed by atoms with Gasteiger partial charge >= 0.3 is 11.6 Å². The van der Waals surface area contributed by atoms with Gasteiger partial charge in [0.25, 0.3) is 0 Å². The second kappa shape index (κ2) is 11.0. The monoisotopic (exact) mass is 595 g/mol. The maximum Gasteiger partial charge on any atom is 0.345 e. The third-order valence-electron chi connectivity index (χ3n) is 10.9. The van der Waals surface area contributed by atoms with Crippen molar-refractivity contribution in [2.24, 2.45) is 28.6 Å². The molecule has 2 aromatic rings. The van der Waals surface area contributed by atoms with Crippen LogP contribution in [-0.4, -0.2) is 46.8 Å². The van der Waals surface area contributed by atoms with Crippen LogP contribution in [0, 0.1) is 28.6 Å². The molecule has 2 aliphatic carbocycles. The maximum atomic E-state index is 13.5. The number of carbonyl (C=O) groups is 1. The van der Waals surface area contributed by atoms with Gasteiger partial charge in [-0.25, -0.2) is 4.79 Å². The number of carbonyl (C=O) groups excluding carboxylic acids is 1. The molecule has 4 aliphatic rings. The van der Waals surface area contributed by atoms with E-state index < -0.39 is 34.8 Å². The summed E-state index contributed by atoms with van der Waals surface area (Å²) in [5.74, 6) is -0.0933. The Balaban J connectivity index is 1.45. The normalized spacial score (nSPS) is 38.2. The third-order valence-corrected chi connectivity index (χ3v) is 10.9. The lowest BCUT2D eigenvalue weighted by Gasteiger charge is -2.67. The highest BCUT2D eigenvalue weighted by molar-refractivity contribution is 5.69. The Kier molecular flexibility index (Phi) is 7.75. The number of rotatable bonds is 6. The maximum absolute atomic E-state index is 13.5. The summed E-state index contributed by atoms with van der Waals surface area (Å²) in [7, 11) is 0. The number of hydrogen-bond acceptors (Lipinski definition) is 9. The summed E-state index contributed by atoms with van der Waals surface area (Å²) >= 11 is 0. The molecule has 6 rings (SSSR count). The second-order valence-corrected chi connectivity index (χ2v) is 14.1. The molecule has 3 fully saturated rings. The summed E-state index contributed by atoms with van der Waals surface area (Å²) in [6.45, 7) is 13.1. The zero-order chi connectivity index (χ0) is 30.7. The summed E-state index contributed by atoms with van der Waals surface area (Å²) in [4.78, 5) is 30.8. The van der Waals surface area contributed by atoms with E-state index in [4.69, 9.17) is 23.4 Å². The van der Waals surface area contributed by atoms with Crippen LogP contribution in [-0.2, 0) is 19.0 Å². The molecule has 9 nitrogen and oxygen atoms in total. The first kappa shape index (κ1) is 30.3. The van der Waals surface area contributed by atoms with Crippen molar-refractivity contribution in [3.05, 3.63) is 46.6 Å². The standard InChI is InChI=1S/C34H45NO8/c1-7-8-11-26(36)41-25-16-23-32(4,13-12-24-33(23,5)18-39-31(42-24)19(2)3)29-28(37)27-22(43-34(25,29)6)15-21(40-30(27)38)20-10-9-14-35-17-20/h9-10,14-15,17,19,23-25,28-29,31,37H,7-8,11-13,16,18H2,1-6H3/t23-,24+,25+,28+,29-,31-,32+,33+,34-/m1/s1. The van der Waals surface area contributed by atoms with Gasteiger partial charge in [0.1, 0.15) is 28.8 Å². The van der Waals surface area contributed by atoms with Crippen LogP contribution in [0.5, 0.6) is 5.75 Å². The fourth-order valence-electron chi connectivity index (χ4n) is 8.76. The Morgan fingerprint density at radius 3 is 2.72 bits per heavy atom. The smallest absolute Gasteiger partial charge is 0.345 e. The Morgan fingerprint density at radius 1 is 1.23 bits per heavy atom. The van der Waals surface area contributed by atoms with Crippen molar-refractivity contribution in [2.75, 3.05) is 6.61 Å². The summed E-state index contributed by atoms with van der Waals surface area (Å²) in [6.07, 6.45) is 5.10. The van der Waals surface area contributed by atoms with Gasteiger partial charge in [-0.15, -0.1) is 0 Å². The molecular formula is C34H45NO8. The number of unbranched alkanes of at least 4 members (excludes halogenated alkanes) is 1. The van der Waals surface area contributed by atoms with E-state index in [1.165, 1.54) is 0 Å². The number of aromatic nitrogens is 1. The number of pyridine rings is 1. The molecule has 2 aromatic heterocycles. The number of nitrogens with zero attached hydrogens (tertiary/aromatic N) is 1. The minimum atomic E-state index is -1.19. The van der Waals surface area contributed by atoms with Crippen molar-refractivity contribution in [3.63, 3.8) is 0 Å². The van der Waals surface area contributed by atoms with Crippen LogP contribution in [0.2, 0.25) is 0 Å². The molecular weight excluding hydrogens is 550 g/mol. The van der Waals surface area contributed by atoms with Crippen molar-refractivity contribution >= 4 is 5.97 Å². The second-order valence-electron chi connectivity index (χ2n) is 14.1. The summed E-state index contributed by atoms with van der Waals surface area (Å²) < 4.78 is 31.7. The number of aliphatic hydroxyl groups is 1. The Hall–Kier alpha value is -2.75. The van der Waals surface area contributed by atoms with Crippen LogP contribution in [0.25, 0.3) is 11.3 Å². The number of ether oxygens (including phenoxy) is 4. The first-order valence-corrected chi connectivity index (χ1v) is 15.8. The molecule has 0 amide bonds. The SMILES string of the molecule is CCCCC(=O)O[C@H]1C[C@H]2[C@]3(C)CO[C@@H](C(C)C)O[C@H]3CC[C@]2(C)[C@H]2[C@@H](O)c3c(cc(-c4cccnc4)oc3=O)O[C@]12C. The van der Waals surface area contributed by atoms with Gasteiger partial charge in [0.2, 0.25) is 0 Å². The molecule has 9 heteroatoms. The van der Waals surface area contributed by atoms with Crippen molar-refractivity contribution in [3.8, 4) is 17.1 Å². The molecule has 1 N–H and O–H groups in total. The lowest BCUT2D eigenvalue weighted by molar-refractivity contribution is -0.335. The van der Waals surface area contributed by atoms with Gasteiger partial charge < -0.3 is 28.5 Å². The van der Waals surface area contributed by atoms with E-state index >= 15 is 0 Å². The van der Waals surface area contributed by atoms with E-state index in [1.807, 2.05) is 13.8 Å². The molecule has 9 atom stereocenters. The minimum Gasteiger partial charge on any atom is -0.482 e. The van der Waals surface area contributed by atoms with E-state index in [-0.39, 0.29) is 46.9 Å². The zero-order valence-electron chi connectivity index (χ0n) is 26.1. The number of hydrogen-bond donors (Lipinski definition) is 1. The highest BCUT2D eigenvalue weighted by Crippen LogP contribution is 2.68. The van der Waals surface area contributed by atoms with Crippen LogP contribution < -0.4 is 10.4 Å². The quantitative estimate of drug-likeness (QED) is 0.412. The average molecular weight is 596 g/mol. The van der Waals surface area contributed by atoms with Gasteiger partial charge in [-0.1, -0.05) is 41.0 Å². The largest absolute Gasteiger partial charge is 0.482 e. The van der Waals surface area contributed by atoms with Gasteiger partial charge in [-0.05, 0) is 56.1 Å². The first-order valence-electron chi connectivity index (χ1n) is 15.8. The summed E-state index contributed by atoms with van der Waals surface area (Å²) in [6, 6.07) is 5.20. The molecule has 2 aliphatic heterocycles. The number of esters is 1. The van der Waals surface area contributed by atoms with Crippen LogP contribution in [0.3, 0.4) is 0 Å². The molecule has 0 aromatic carbocycles. The number of fused-ring (bicyclic) bond motifs is 6. The van der Waals surface area contributed by atoms with Crippen LogP contribution in [0.1, 0.15) is 91.7 Å². The lowest BCUT2D eigenvalue weighted by Crippen LogP contribution is -2.72. The Labute approximate surface area is 253 Å². The topological polar surface area (TPSA) is 117 Å². The molecule has 2 saturated carbocycles. The molecule has 1 saturated heterocycles. The highest BCUT2D eigenvalue weighted by Gasteiger charge is 2.71. The van der Waals surface area contributed by atoms with Crippen molar-refractivity contribution < 1.29 is 33.3 Å². The van der Waals surface area contributed by atoms with Gasteiger partial charge in [0.15, 0.2) is 6.29 Å². The van der Waals surface area contributed by atoms with Gasteiger partial charge in [0, 0.05) is 47.7 Å². The van der Waals surface area contributed by atoms with E-state index in [2.05, 4.69) is 32.7 Å².